The molecule has 0 atom stereocenters. The van der Waals surface area contributed by atoms with Crippen molar-refractivity contribution in [2.45, 2.75) is 39.9 Å². The zero-order chi connectivity index (χ0) is 71.8. The number of rotatable bonds is 6. The first-order chi connectivity index (χ1) is 44.3. The Morgan fingerprint density at radius 1 is 0.433 bits per heavy atom. The Labute approximate surface area is 402 Å². The Hall–Kier alpha value is -7.16. The number of nitrogens with zero attached hydrogens (tertiary/aromatic N) is 1. The maximum absolute atomic E-state index is 10.1. The van der Waals surface area contributed by atoms with Gasteiger partial charge in [-0.25, -0.2) is 0 Å². The molecule has 0 amide bonds. The molecule has 2 nitrogen and oxygen atoms in total. The molecule has 1 heterocycles. The van der Waals surface area contributed by atoms with Gasteiger partial charge in [-0.05, 0) is 153 Å². The van der Waals surface area contributed by atoms with Crippen molar-refractivity contribution in [2.75, 3.05) is 4.90 Å². The number of hydrogen-bond donors (Lipinski definition) is 0. The standard InChI is InChI=1S/C58H45NO/c1-36-19-30-46(38(3)37(36)2)51-35-53-52-33-42(24-32-56(52)60-57(53)50-17-10-9-15-47(50)51)41-22-27-44(28-23-41)59(43-25-20-40(21-26-43)39-13-7-6-8-14-39)45-29-31-49-48-16-11-12-18-54(48)58(4,5)55(49)34-45/h6-35H,1-5H3/i4D3,5D3,6D,7D,8D,9D,10D,11D,12D,13D,14D,15D,16D,17D,18D,19D,20D,21D,22D,23D,24D,25D,26D,27D,28D,29D,30D,31D,32D,33D,34D,35D. The topological polar surface area (TPSA) is 16.4 Å². The molecule has 60 heavy (non-hydrogen) atoms. The lowest BCUT2D eigenvalue weighted by atomic mass is 9.82. The van der Waals surface area contributed by atoms with Crippen LogP contribution in [0.2, 0.25) is 0 Å². The van der Waals surface area contributed by atoms with Crippen LogP contribution < -0.4 is 4.90 Å². The second kappa shape index (κ2) is 13.7. The van der Waals surface area contributed by atoms with E-state index in [1.807, 2.05) is 0 Å². The molecule has 0 radical (unpaired) electrons. The van der Waals surface area contributed by atoms with E-state index in [1.165, 1.54) is 0 Å². The summed E-state index contributed by atoms with van der Waals surface area (Å²) in [6.07, 6.45) is 0. The smallest absolute Gasteiger partial charge is 0.143 e. The Balaban J connectivity index is 1.32. The van der Waals surface area contributed by atoms with Gasteiger partial charge in [0, 0.05) is 46.9 Å². The fraction of sp³-hybridized carbons (Fsp3) is 0.103. The molecule has 10 aromatic rings. The Morgan fingerprint density at radius 3 is 1.78 bits per heavy atom. The average Bonchev–Trinajstić information content (AvgIpc) is 1.49. The van der Waals surface area contributed by atoms with Crippen LogP contribution in [0.4, 0.5) is 17.1 Å². The van der Waals surface area contributed by atoms with Crippen LogP contribution in [0.15, 0.2) is 186 Å². The first-order valence-corrected chi connectivity index (χ1v) is 18.1. The van der Waals surface area contributed by atoms with Crippen LogP contribution in [-0.4, -0.2) is 0 Å². The summed E-state index contributed by atoms with van der Waals surface area (Å²) in [4.78, 5) is 0.145. The summed E-state index contributed by atoms with van der Waals surface area (Å²) in [6.45, 7) is -3.38. The first-order valence-electron chi connectivity index (χ1n) is 36.1. The predicted octanol–water partition coefficient (Wildman–Crippen LogP) is 16.4. The molecule has 1 aliphatic rings. The molecule has 0 unspecified atom stereocenters. The fourth-order valence-corrected chi connectivity index (χ4v) is 7.12. The van der Waals surface area contributed by atoms with Crippen LogP contribution >= 0.6 is 0 Å². The number of furan rings is 1. The molecule has 0 bridgehead atoms. The molecule has 0 fully saturated rings. The van der Waals surface area contributed by atoms with Gasteiger partial charge in [-0.1, -0.05) is 141 Å². The lowest BCUT2D eigenvalue weighted by molar-refractivity contribution is 0.660. The van der Waals surface area contributed by atoms with E-state index in [-0.39, 0.29) is 27.5 Å². The van der Waals surface area contributed by atoms with Crippen molar-refractivity contribution in [1.29, 1.82) is 0 Å². The van der Waals surface area contributed by atoms with Crippen LogP contribution in [0.1, 0.15) is 90.9 Å². The molecule has 0 N–H and O–H groups in total. The van der Waals surface area contributed by atoms with E-state index >= 15 is 0 Å². The van der Waals surface area contributed by atoms with Crippen LogP contribution in [0.25, 0.3) is 77.2 Å². The van der Waals surface area contributed by atoms with Crippen LogP contribution in [0, 0.1) is 20.8 Å². The van der Waals surface area contributed by atoms with Crippen molar-refractivity contribution in [2.24, 2.45) is 0 Å². The molecule has 2 heteroatoms. The lowest BCUT2D eigenvalue weighted by Crippen LogP contribution is -2.16. The van der Waals surface area contributed by atoms with Crippen molar-refractivity contribution in [1.82, 2.24) is 0 Å². The Bertz CT molecular complexity index is 5180. The molecule has 1 aromatic heterocycles. The molecule has 0 spiro atoms. The minimum atomic E-state index is -4.06. The number of benzene rings is 9. The third-order valence-corrected chi connectivity index (χ3v) is 10.4. The average molecular weight is 808 g/mol. The molecular formula is C58H45NO. The summed E-state index contributed by atoms with van der Waals surface area (Å²) in [5.74, 6) is 0. The Kier molecular flexibility index (Phi) is 3.32. The van der Waals surface area contributed by atoms with E-state index in [0.29, 0.717) is 16.7 Å². The second-order valence-corrected chi connectivity index (χ2v) is 13.8. The number of hydrogen-bond acceptors (Lipinski definition) is 2. The van der Waals surface area contributed by atoms with Crippen LogP contribution in [0.3, 0.4) is 0 Å². The molecule has 11 rings (SSSR count). The summed E-state index contributed by atoms with van der Waals surface area (Å²) in [6, 6.07) is -32.8. The van der Waals surface area contributed by atoms with E-state index in [1.54, 1.807) is 20.8 Å². The molecular weight excluding hydrogens is 727 g/mol. The largest absolute Gasteiger partial charge is 0.455 e. The maximum Gasteiger partial charge on any atom is 0.143 e. The van der Waals surface area contributed by atoms with Gasteiger partial charge in [-0.3, -0.25) is 0 Å². The predicted molar refractivity (Wildman–Crippen MR) is 254 cm³/mol. The van der Waals surface area contributed by atoms with E-state index in [2.05, 4.69) is 0 Å². The van der Waals surface area contributed by atoms with Gasteiger partial charge in [0.15, 0.2) is 0 Å². The van der Waals surface area contributed by atoms with Gasteiger partial charge >= 0.3 is 0 Å². The van der Waals surface area contributed by atoms with Crippen molar-refractivity contribution < 1.29 is 53.8 Å². The minimum absolute atomic E-state index is 0.145. The summed E-state index contributed by atoms with van der Waals surface area (Å²) >= 11 is 0. The molecule has 9 aromatic carbocycles. The zero-order valence-corrected chi connectivity index (χ0v) is 31.4. The van der Waals surface area contributed by atoms with E-state index in [4.69, 9.17) is 30.5 Å². The molecule has 1 aliphatic carbocycles. The van der Waals surface area contributed by atoms with Gasteiger partial charge in [-0.2, -0.15) is 0 Å². The highest BCUT2D eigenvalue weighted by atomic mass is 16.3. The second-order valence-electron chi connectivity index (χ2n) is 13.8. The van der Waals surface area contributed by atoms with Crippen molar-refractivity contribution in [3.05, 3.63) is 209 Å². The van der Waals surface area contributed by atoms with E-state index in [0.717, 1.165) is 0 Å². The van der Waals surface area contributed by atoms with E-state index in [9.17, 15) is 23.3 Å². The summed E-state index contributed by atoms with van der Waals surface area (Å²) in [5.41, 5.74) is -17.0. The van der Waals surface area contributed by atoms with Gasteiger partial charge in [0.2, 0.25) is 0 Å². The third-order valence-electron chi connectivity index (χ3n) is 10.4. The summed E-state index contributed by atoms with van der Waals surface area (Å²) < 4.78 is 337. The molecule has 0 aliphatic heterocycles. The number of fused-ring (bicyclic) bond motifs is 8. The van der Waals surface area contributed by atoms with Crippen LogP contribution in [0.5, 0.6) is 0 Å². The SMILES string of the molecule is [2H]c1c([2H])c([2H])c(-c2c([2H])c([2H])c(N(c3c([2H])c([2H])c(-c4c([2H])c([2H])c5oc6c7c([2H])c([2H])c([2H])c([2H])c7c(-c7c([2H])c([2H])c(C)c(C)c7C)c([2H])c6c5c4[2H])c([2H])c3[2H])c3c([2H])c([2H])c4c(c3[2H])C(C([2H])([2H])[2H])(C([2H])([2H])[2H])c3c([2H])c([2H])c([2H])c([2H])c3-4)c([2H])c2[2H])c([2H])c1[2H]. The van der Waals surface area contributed by atoms with Crippen molar-refractivity contribution in [3.63, 3.8) is 0 Å². The summed E-state index contributed by atoms with van der Waals surface area (Å²) in [7, 11) is 0. The van der Waals surface area contributed by atoms with Crippen molar-refractivity contribution >= 4 is 49.8 Å². The molecule has 288 valence electrons. The maximum atomic E-state index is 10.1. The quantitative estimate of drug-likeness (QED) is 0.166. The normalized spacial score (nSPS) is 21.8. The molecule has 0 saturated carbocycles. The zero-order valence-electron chi connectivity index (χ0n) is 67.4. The van der Waals surface area contributed by atoms with E-state index < -0.39 is 283 Å². The van der Waals surface area contributed by atoms with Gasteiger partial charge in [-0.15, -0.1) is 0 Å². The fourth-order valence-electron chi connectivity index (χ4n) is 7.12. The summed E-state index contributed by atoms with van der Waals surface area (Å²) in [5, 5.41) is -1.91. The minimum Gasteiger partial charge on any atom is -0.455 e. The monoisotopic (exact) mass is 808 g/mol. The van der Waals surface area contributed by atoms with Gasteiger partial charge < -0.3 is 9.32 Å². The van der Waals surface area contributed by atoms with Crippen LogP contribution in [-0.2, 0) is 5.41 Å². The first kappa shape index (κ1) is 14.5. The Morgan fingerprint density at radius 2 is 1.03 bits per heavy atom. The number of anilines is 3. The highest BCUT2D eigenvalue weighted by molar-refractivity contribution is 6.19. The highest BCUT2D eigenvalue weighted by Crippen LogP contribution is 2.51. The van der Waals surface area contributed by atoms with Gasteiger partial charge in [0.1, 0.15) is 11.2 Å². The highest BCUT2D eigenvalue weighted by Gasteiger charge is 2.35. The lowest BCUT2D eigenvalue weighted by Gasteiger charge is -2.28. The van der Waals surface area contributed by atoms with Gasteiger partial charge in [0.25, 0.3) is 0 Å². The molecule has 0 saturated heterocycles. The third kappa shape index (κ3) is 5.62. The van der Waals surface area contributed by atoms with Gasteiger partial charge in [0.05, 0.1) is 41.1 Å². The van der Waals surface area contributed by atoms with Crippen molar-refractivity contribution in [3.8, 4) is 44.5 Å².